The van der Waals surface area contributed by atoms with Crippen molar-refractivity contribution in [3.05, 3.63) is 36.0 Å². The van der Waals surface area contributed by atoms with Crippen LogP contribution in [-0.2, 0) is 4.74 Å². The largest absolute Gasteiger partial charge is 0.372 e. The Kier molecular flexibility index (Phi) is 2.87. The summed E-state index contributed by atoms with van der Waals surface area (Å²) in [4.78, 5) is 3.32. The highest BCUT2D eigenvalue weighted by Crippen LogP contribution is 2.45. The Labute approximate surface area is 101 Å². The zero-order valence-corrected chi connectivity index (χ0v) is 9.86. The summed E-state index contributed by atoms with van der Waals surface area (Å²) >= 11 is 0. The topological polar surface area (TPSA) is 51.0 Å². The normalized spacial score (nSPS) is 17.5. The van der Waals surface area contributed by atoms with Crippen molar-refractivity contribution in [2.45, 2.75) is 18.9 Å². The van der Waals surface area contributed by atoms with E-state index >= 15 is 0 Å². The van der Waals surface area contributed by atoms with Crippen molar-refractivity contribution < 1.29 is 4.74 Å². The van der Waals surface area contributed by atoms with Gasteiger partial charge in [-0.15, -0.1) is 0 Å². The van der Waals surface area contributed by atoms with E-state index in [0.717, 1.165) is 0 Å². The van der Waals surface area contributed by atoms with Gasteiger partial charge in [0.25, 0.3) is 0 Å². The van der Waals surface area contributed by atoms with Crippen molar-refractivity contribution in [1.82, 2.24) is 4.98 Å². The van der Waals surface area contributed by atoms with E-state index in [1.54, 1.807) is 0 Å². The van der Waals surface area contributed by atoms with Crippen LogP contribution < -0.4 is 5.73 Å². The molecule has 0 aliphatic heterocycles. The summed E-state index contributed by atoms with van der Waals surface area (Å²) in [6.45, 7) is 1.23. The smallest absolute Gasteiger partial charge is 0.0874 e. The van der Waals surface area contributed by atoms with Crippen LogP contribution in [0, 0.1) is 5.92 Å². The number of benzene rings is 1. The molecule has 3 rings (SSSR count). The predicted octanol–water partition coefficient (Wildman–Crippen LogP) is 2.59. The summed E-state index contributed by atoms with van der Waals surface area (Å²) in [7, 11) is 0. The lowest BCUT2D eigenvalue weighted by Crippen LogP contribution is -2.13. The third-order valence-electron chi connectivity index (χ3n) is 3.39. The molecular formula is C14H18N2O. The van der Waals surface area contributed by atoms with Crippen molar-refractivity contribution in [3.8, 4) is 0 Å². The Hall–Kier alpha value is -1.32. The van der Waals surface area contributed by atoms with Crippen molar-refractivity contribution in [2.24, 2.45) is 11.7 Å². The lowest BCUT2D eigenvalue weighted by Gasteiger charge is -2.16. The van der Waals surface area contributed by atoms with E-state index in [2.05, 4.69) is 35.4 Å². The Bertz CT molecular complexity index is 502. The van der Waals surface area contributed by atoms with E-state index < -0.39 is 0 Å². The zero-order valence-electron chi connectivity index (χ0n) is 9.86. The third kappa shape index (κ3) is 2.08. The van der Waals surface area contributed by atoms with E-state index in [-0.39, 0.29) is 6.10 Å². The standard InChI is InChI=1S/C14H18N2O/c15-7-8-17-14(10-5-6-10)12-9-16-13-4-2-1-3-11(12)13/h1-4,9-10,14,16H,5-8,15H2. The number of nitrogens with one attached hydrogen (secondary N) is 1. The maximum Gasteiger partial charge on any atom is 0.0874 e. The number of aromatic amines is 1. The minimum absolute atomic E-state index is 0.217. The first-order chi connectivity index (χ1) is 8.40. The minimum Gasteiger partial charge on any atom is -0.372 e. The molecule has 0 saturated heterocycles. The molecular weight excluding hydrogens is 212 g/mol. The molecule has 3 nitrogen and oxygen atoms in total. The van der Waals surface area contributed by atoms with Crippen LogP contribution in [0.5, 0.6) is 0 Å². The van der Waals surface area contributed by atoms with Gasteiger partial charge in [0, 0.05) is 29.2 Å². The van der Waals surface area contributed by atoms with Gasteiger partial charge in [-0.2, -0.15) is 0 Å². The first-order valence-corrected chi connectivity index (χ1v) is 6.28. The van der Waals surface area contributed by atoms with Gasteiger partial charge in [0.1, 0.15) is 0 Å². The summed E-state index contributed by atoms with van der Waals surface area (Å²) in [5.74, 6) is 0.681. The number of rotatable bonds is 5. The molecule has 2 aromatic rings. The second-order valence-corrected chi connectivity index (χ2v) is 4.71. The van der Waals surface area contributed by atoms with Crippen LogP contribution in [-0.4, -0.2) is 18.1 Å². The van der Waals surface area contributed by atoms with Crippen LogP contribution in [0.1, 0.15) is 24.5 Å². The molecule has 1 unspecified atom stereocenters. The number of ether oxygens (including phenoxy) is 1. The fourth-order valence-electron chi connectivity index (χ4n) is 2.40. The molecule has 0 bridgehead atoms. The van der Waals surface area contributed by atoms with Gasteiger partial charge >= 0.3 is 0 Å². The van der Waals surface area contributed by atoms with E-state index in [9.17, 15) is 0 Å². The van der Waals surface area contributed by atoms with E-state index in [1.165, 1.54) is 29.3 Å². The van der Waals surface area contributed by atoms with Crippen molar-refractivity contribution in [3.63, 3.8) is 0 Å². The van der Waals surface area contributed by atoms with Gasteiger partial charge in [-0.25, -0.2) is 0 Å². The van der Waals surface area contributed by atoms with Crippen LogP contribution in [0.3, 0.4) is 0 Å². The highest BCUT2D eigenvalue weighted by atomic mass is 16.5. The molecule has 1 atom stereocenters. The predicted molar refractivity (Wildman–Crippen MR) is 68.8 cm³/mol. The van der Waals surface area contributed by atoms with Crippen molar-refractivity contribution >= 4 is 10.9 Å². The monoisotopic (exact) mass is 230 g/mol. The molecule has 3 N–H and O–H groups in total. The van der Waals surface area contributed by atoms with E-state index in [4.69, 9.17) is 10.5 Å². The van der Waals surface area contributed by atoms with E-state index in [0.29, 0.717) is 19.1 Å². The molecule has 1 fully saturated rings. The highest BCUT2D eigenvalue weighted by Gasteiger charge is 2.34. The van der Waals surface area contributed by atoms with Crippen molar-refractivity contribution in [1.29, 1.82) is 0 Å². The Morgan fingerprint density at radius 1 is 1.35 bits per heavy atom. The van der Waals surface area contributed by atoms with Crippen LogP contribution in [0.2, 0.25) is 0 Å². The van der Waals surface area contributed by atoms with Gasteiger partial charge in [0.2, 0.25) is 0 Å². The molecule has 0 spiro atoms. The van der Waals surface area contributed by atoms with Crippen LogP contribution in [0.15, 0.2) is 30.5 Å². The van der Waals surface area contributed by atoms with Crippen LogP contribution in [0.25, 0.3) is 10.9 Å². The molecule has 1 aliphatic rings. The number of para-hydroxylation sites is 1. The number of nitrogens with two attached hydrogens (primary N) is 1. The SMILES string of the molecule is NCCOC(c1c[nH]c2ccccc12)C1CC1. The van der Waals surface area contributed by atoms with Crippen LogP contribution in [0.4, 0.5) is 0 Å². The number of hydrogen-bond donors (Lipinski definition) is 2. The molecule has 1 saturated carbocycles. The van der Waals surface area contributed by atoms with Gasteiger partial charge in [-0.1, -0.05) is 18.2 Å². The molecule has 3 heteroatoms. The summed E-state index contributed by atoms with van der Waals surface area (Å²) in [6.07, 6.45) is 4.85. The molecule has 17 heavy (non-hydrogen) atoms. The third-order valence-corrected chi connectivity index (χ3v) is 3.39. The van der Waals surface area contributed by atoms with E-state index in [1.807, 2.05) is 0 Å². The molecule has 90 valence electrons. The quantitative estimate of drug-likeness (QED) is 0.829. The maximum atomic E-state index is 5.92. The van der Waals surface area contributed by atoms with Gasteiger partial charge < -0.3 is 15.5 Å². The molecule has 1 aromatic carbocycles. The molecule has 0 amide bonds. The second kappa shape index (κ2) is 4.51. The molecule has 0 radical (unpaired) electrons. The number of aromatic nitrogens is 1. The lowest BCUT2D eigenvalue weighted by atomic mass is 10.0. The van der Waals surface area contributed by atoms with Gasteiger partial charge in [0.15, 0.2) is 0 Å². The molecule has 1 heterocycles. The maximum absolute atomic E-state index is 5.92. The zero-order chi connectivity index (χ0) is 11.7. The lowest BCUT2D eigenvalue weighted by molar-refractivity contribution is 0.0435. The van der Waals surface area contributed by atoms with Gasteiger partial charge in [-0.3, -0.25) is 0 Å². The first kappa shape index (κ1) is 10.8. The highest BCUT2D eigenvalue weighted by molar-refractivity contribution is 5.83. The average Bonchev–Trinajstić information content (AvgIpc) is 3.11. The number of fused-ring (bicyclic) bond motifs is 1. The molecule has 1 aliphatic carbocycles. The molecule has 1 aromatic heterocycles. The Morgan fingerprint density at radius 2 is 2.18 bits per heavy atom. The summed E-state index contributed by atoms with van der Waals surface area (Å²) in [5.41, 5.74) is 8.00. The van der Waals surface area contributed by atoms with Crippen LogP contribution >= 0.6 is 0 Å². The number of H-pyrrole nitrogens is 1. The fraction of sp³-hybridized carbons (Fsp3) is 0.429. The fourth-order valence-corrected chi connectivity index (χ4v) is 2.40. The Morgan fingerprint density at radius 3 is 2.94 bits per heavy atom. The average molecular weight is 230 g/mol. The van der Waals surface area contributed by atoms with Gasteiger partial charge in [-0.05, 0) is 24.8 Å². The second-order valence-electron chi connectivity index (χ2n) is 4.71. The summed E-state index contributed by atoms with van der Waals surface area (Å²) in [5, 5.41) is 1.28. The first-order valence-electron chi connectivity index (χ1n) is 6.28. The summed E-state index contributed by atoms with van der Waals surface area (Å²) in [6, 6.07) is 8.39. The Balaban J connectivity index is 1.94. The minimum atomic E-state index is 0.217. The summed E-state index contributed by atoms with van der Waals surface area (Å²) < 4.78 is 5.92. The van der Waals surface area contributed by atoms with Gasteiger partial charge in [0.05, 0.1) is 12.7 Å². The van der Waals surface area contributed by atoms with Crippen molar-refractivity contribution in [2.75, 3.05) is 13.2 Å². The number of hydrogen-bond acceptors (Lipinski definition) is 2.